The zero-order valence-corrected chi connectivity index (χ0v) is 17.1. The molecule has 6 heteroatoms. The number of methoxy groups -OCH3 is 1. The summed E-state index contributed by atoms with van der Waals surface area (Å²) in [6.07, 6.45) is -0.601. The van der Waals surface area contributed by atoms with Gasteiger partial charge in [0.15, 0.2) is 0 Å². The molecule has 0 spiro atoms. The number of esters is 1. The van der Waals surface area contributed by atoms with E-state index < -0.39 is 17.7 Å². The molecule has 0 radical (unpaired) electrons. The van der Waals surface area contributed by atoms with Gasteiger partial charge < -0.3 is 9.47 Å². The van der Waals surface area contributed by atoms with E-state index in [1.807, 2.05) is 39.0 Å². The molecule has 0 fully saturated rings. The van der Waals surface area contributed by atoms with Gasteiger partial charge in [0.05, 0.1) is 7.11 Å². The molecule has 1 heterocycles. The molecular weight excluding hydrogens is 350 g/mol. The fourth-order valence-electron chi connectivity index (χ4n) is 2.57. The molecule has 1 aromatic heterocycles. The van der Waals surface area contributed by atoms with Crippen LogP contribution >= 0.6 is 11.3 Å². The third-order valence-corrected chi connectivity index (χ3v) is 4.90. The molecule has 0 aliphatic rings. The molecule has 0 aliphatic carbocycles. The highest BCUT2D eigenvalue weighted by atomic mass is 32.1. The van der Waals surface area contributed by atoms with Gasteiger partial charge in [-0.1, -0.05) is 18.2 Å². The van der Waals surface area contributed by atoms with Crippen molar-refractivity contribution >= 4 is 28.4 Å². The molecule has 0 saturated heterocycles. The summed E-state index contributed by atoms with van der Waals surface area (Å²) in [6, 6.07) is 6.03. The summed E-state index contributed by atoms with van der Waals surface area (Å²) in [5.41, 5.74) is 3.72. The monoisotopic (exact) mass is 375 g/mol. The normalized spacial score (nSPS) is 11.2. The summed E-state index contributed by atoms with van der Waals surface area (Å²) in [7, 11) is 1.33. The highest BCUT2D eigenvalue weighted by Crippen LogP contribution is 2.41. The van der Waals surface area contributed by atoms with Crippen LogP contribution in [0, 0.1) is 20.8 Å². The Morgan fingerprint density at radius 2 is 1.73 bits per heavy atom. The fourth-order valence-corrected chi connectivity index (χ4v) is 3.62. The summed E-state index contributed by atoms with van der Waals surface area (Å²) in [4.78, 5) is 25.5. The number of ether oxygens (including phenoxy) is 2. The van der Waals surface area contributed by atoms with E-state index in [0.29, 0.717) is 10.6 Å². The summed E-state index contributed by atoms with van der Waals surface area (Å²) < 4.78 is 10.3. The zero-order chi connectivity index (χ0) is 19.6. The van der Waals surface area contributed by atoms with Crippen LogP contribution in [0.5, 0.6) is 0 Å². The Morgan fingerprint density at radius 3 is 2.27 bits per heavy atom. The van der Waals surface area contributed by atoms with E-state index in [-0.39, 0.29) is 0 Å². The maximum Gasteiger partial charge on any atom is 0.412 e. The number of carbonyl (C=O) groups is 2. The summed E-state index contributed by atoms with van der Waals surface area (Å²) in [6.45, 7) is 11.3. The van der Waals surface area contributed by atoms with Crippen molar-refractivity contribution in [2.75, 3.05) is 12.4 Å². The Kier molecular flexibility index (Phi) is 5.76. The van der Waals surface area contributed by atoms with E-state index in [9.17, 15) is 9.59 Å². The van der Waals surface area contributed by atoms with Crippen LogP contribution in [0.2, 0.25) is 0 Å². The number of amides is 1. The van der Waals surface area contributed by atoms with Crippen molar-refractivity contribution in [2.24, 2.45) is 0 Å². The van der Waals surface area contributed by atoms with E-state index in [1.54, 1.807) is 20.8 Å². The van der Waals surface area contributed by atoms with E-state index >= 15 is 0 Å². The molecule has 0 unspecified atom stereocenters. The van der Waals surface area contributed by atoms with Crippen molar-refractivity contribution in [2.45, 2.75) is 47.1 Å². The molecule has 1 amide bonds. The van der Waals surface area contributed by atoms with Crippen LogP contribution in [0.4, 0.5) is 9.80 Å². The quantitative estimate of drug-likeness (QED) is 0.722. The van der Waals surface area contributed by atoms with Crippen LogP contribution in [-0.2, 0) is 9.47 Å². The highest BCUT2D eigenvalue weighted by molar-refractivity contribution is 7.17. The summed E-state index contributed by atoms with van der Waals surface area (Å²) in [5.74, 6) is -0.492. The molecule has 5 nitrogen and oxygen atoms in total. The Morgan fingerprint density at radius 1 is 1.08 bits per heavy atom. The van der Waals surface area contributed by atoms with Crippen molar-refractivity contribution in [1.82, 2.24) is 0 Å². The van der Waals surface area contributed by atoms with Gasteiger partial charge in [0.25, 0.3) is 0 Å². The van der Waals surface area contributed by atoms with Crippen LogP contribution in [0.1, 0.15) is 47.1 Å². The lowest BCUT2D eigenvalue weighted by atomic mass is 9.97. The lowest BCUT2D eigenvalue weighted by molar-refractivity contribution is 0.0603. The Labute approximate surface area is 158 Å². The first kappa shape index (κ1) is 20.0. The first-order valence-corrected chi connectivity index (χ1v) is 9.14. The predicted molar refractivity (Wildman–Crippen MR) is 105 cm³/mol. The fraction of sp³-hybridized carbons (Fsp3) is 0.400. The third-order valence-electron chi connectivity index (χ3n) is 3.88. The molecular formula is C20H25NO4S. The lowest BCUT2D eigenvalue weighted by Crippen LogP contribution is -2.27. The van der Waals surface area contributed by atoms with Gasteiger partial charge in [0, 0.05) is 10.4 Å². The van der Waals surface area contributed by atoms with Crippen LogP contribution in [0.3, 0.4) is 0 Å². The number of hydrogen-bond acceptors (Lipinski definition) is 5. The molecule has 0 atom stereocenters. The number of nitrogens with one attached hydrogen (secondary N) is 1. The Bertz CT molecular complexity index is 846. The number of hydrogen-bond donors (Lipinski definition) is 1. The third kappa shape index (κ3) is 4.43. The highest BCUT2D eigenvalue weighted by Gasteiger charge is 2.26. The van der Waals surface area contributed by atoms with Crippen molar-refractivity contribution in [3.8, 4) is 11.1 Å². The second-order valence-corrected chi connectivity index (χ2v) is 8.38. The van der Waals surface area contributed by atoms with Crippen molar-refractivity contribution in [3.05, 3.63) is 39.8 Å². The van der Waals surface area contributed by atoms with Crippen molar-refractivity contribution < 1.29 is 19.1 Å². The predicted octanol–water partition coefficient (Wildman–Crippen LogP) is 5.47. The van der Waals surface area contributed by atoms with E-state index in [2.05, 4.69) is 5.32 Å². The molecule has 2 aromatic rings. The van der Waals surface area contributed by atoms with Gasteiger partial charge in [0.2, 0.25) is 0 Å². The van der Waals surface area contributed by atoms with Crippen molar-refractivity contribution in [3.63, 3.8) is 0 Å². The Balaban J connectivity index is 2.52. The SMILES string of the molecule is COC(=O)c1c(NC(=O)OC(C)(C)C)sc(C)c1-c1ccc(C)c(C)c1. The number of carbonyl (C=O) groups excluding carboxylic acids is 2. The molecule has 0 saturated carbocycles. The minimum Gasteiger partial charge on any atom is -0.465 e. The Hall–Kier alpha value is -2.34. The number of thiophene rings is 1. The second kappa shape index (κ2) is 7.50. The van der Waals surface area contributed by atoms with Gasteiger partial charge in [-0.15, -0.1) is 11.3 Å². The molecule has 2 rings (SSSR count). The van der Waals surface area contributed by atoms with Gasteiger partial charge in [-0.05, 0) is 58.2 Å². The van der Waals surface area contributed by atoms with Gasteiger partial charge in [-0.3, -0.25) is 5.32 Å². The largest absolute Gasteiger partial charge is 0.465 e. The number of anilines is 1. The van der Waals surface area contributed by atoms with Gasteiger partial charge in [0.1, 0.15) is 16.2 Å². The molecule has 0 aliphatic heterocycles. The maximum absolute atomic E-state index is 12.5. The maximum atomic E-state index is 12.5. The van der Waals surface area contributed by atoms with E-state index in [4.69, 9.17) is 9.47 Å². The molecule has 0 bridgehead atoms. The minimum absolute atomic E-state index is 0.351. The van der Waals surface area contributed by atoms with Gasteiger partial charge in [-0.25, -0.2) is 9.59 Å². The lowest BCUT2D eigenvalue weighted by Gasteiger charge is -2.19. The van der Waals surface area contributed by atoms with E-state index in [1.165, 1.54) is 24.0 Å². The second-order valence-electron chi connectivity index (χ2n) is 7.15. The van der Waals surface area contributed by atoms with Crippen LogP contribution in [0.25, 0.3) is 11.1 Å². The number of benzene rings is 1. The first-order valence-electron chi connectivity index (χ1n) is 8.33. The molecule has 26 heavy (non-hydrogen) atoms. The first-order chi connectivity index (χ1) is 12.0. The van der Waals surface area contributed by atoms with Crippen molar-refractivity contribution in [1.29, 1.82) is 0 Å². The number of aryl methyl sites for hydroxylation is 3. The standard InChI is InChI=1S/C20H25NO4S/c1-11-8-9-14(10-12(11)2)15-13(3)26-17(16(15)18(22)24-7)21-19(23)25-20(4,5)6/h8-10H,1-7H3,(H,21,23). The van der Waals surface area contributed by atoms with Crippen LogP contribution in [-0.4, -0.2) is 24.8 Å². The molecule has 1 N–H and O–H groups in total. The molecule has 140 valence electrons. The average Bonchev–Trinajstić information content (AvgIpc) is 2.83. The molecule has 1 aromatic carbocycles. The van der Waals surface area contributed by atoms with Gasteiger partial charge >= 0.3 is 12.1 Å². The minimum atomic E-state index is -0.626. The summed E-state index contributed by atoms with van der Waals surface area (Å²) in [5, 5.41) is 3.12. The smallest absolute Gasteiger partial charge is 0.412 e. The topological polar surface area (TPSA) is 64.6 Å². The van der Waals surface area contributed by atoms with Gasteiger partial charge in [-0.2, -0.15) is 0 Å². The summed E-state index contributed by atoms with van der Waals surface area (Å²) >= 11 is 1.33. The zero-order valence-electron chi connectivity index (χ0n) is 16.3. The van der Waals surface area contributed by atoms with E-state index in [0.717, 1.165) is 21.6 Å². The van der Waals surface area contributed by atoms with Crippen LogP contribution < -0.4 is 5.32 Å². The number of rotatable bonds is 3. The van der Waals surface area contributed by atoms with Crippen LogP contribution in [0.15, 0.2) is 18.2 Å². The average molecular weight is 375 g/mol.